The molecule has 0 N–H and O–H groups in total. The van der Waals surface area contributed by atoms with E-state index in [9.17, 15) is 14.4 Å². The van der Waals surface area contributed by atoms with Crippen LogP contribution in [-0.2, 0) is 14.3 Å². The number of anilines is 1. The van der Waals surface area contributed by atoms with E-state index < -0.39 is 5.97 Å². The van der Waals surface area contributed by atoms with Crippen LogP contribution in [0.15, 0.2) is 24.3 Å². The quantitative estimate of drug-likeness (QED) is 0.630. The van der Waals surface area contributed by atoms with Crippen LogP contribution < -0.4 is 4.90 Å². The number of imide groups is 1. The lowest BCUT2D eigenvalue weighted by molar-refractivity contribution is -0.123. The Morgan fingerprint density at radius 2 is 1.83 bits per heavy atom. The first-order valence-electron chi connectivity index (χ1n) is 8.76. The van der Waals surface area contributed by atoms with Crippen molar-refractivity contribution >= 4 is 23.5 Å². The van der Waals surface area contributed by atoms with Crippen LogP contribution in [-0.4, -0.2) is 24.4 Å². The van der Waals surface area contributed by atoms with Gasteiger partial charge in [0.1, 0.15) is 0 Å². The predicted molar refractivity (Wildman–Crippen MR) is 87.3 cm³/mol. The third-order valence-electron chi connectivity index (χ3n) is 5.70. The smallest absolute Gasteiger partial charge is 0.338 e. The molecule has 126 valence electrons. The average Bonchev–Trinajstić information content (AvgIpc) is 3.27. The molecule has 1 heterocycles. The first kappa shape index (κ1) is 15.4. The van der Waals surface area contributed by atoms with E-state index in [2.05, 4.69) is 0 Å². The summed E-state index contributed by atoms with van der Waals surface area (Å²) in [6, 6.07) is 6.66. The van der Waals surface area contributed by atoms with Crippen LogP contribution in [0.25, 0.3) is 0 Å². The summed E-state index contributed by atoms with van der Waals surface area (Å²) in [7, 11) is 0. The highest BCUT2D eigenvalue weighted by molar-refractivity contribution is 6.22. The Morgan fingerprint density at radius 1 is 1.17 bits per heavy atom. The Kier molecular flexibility index (Phi) is 3.66. The lowest BCUT2D eigenvalue weighted by Crippen LogP contribution is -2.32. The fraction of sp³-hybridized carbons (Fsp3) is 0.526. The molecular formula is C19H21NO4. The van der Waals surface area contributed by atoms with Gasteiger partial charge in [-0.3, -0.25) is 14.5 Å². The van der Waals surface area contributed by atoms with Crippen molar-refractivity contribution in [3.8, 4) is 0 Å². The summed E-state index contributed by atoms with van der Waals surface area (Å²) in [6.45, 7) is 2.29. The van der Waals surface area contributed by atoms with E-state index in [4.69, 9.17) is 4.74 Å². The van der Waals surface area contributed by atoms with Crippen molar-refractivity contribution in [2.24, 2.45) is 23.7 Å². The number of esters is 1. The number of rotatable bonds is 4. The van der Waals surface area contributed by atoms with Crippen molar-refractivity contribution in [3.05, 3.63) is 29.8 Å². The van der Waals surface area contributed by atoms with E-state index in [-0.39, 0.29) is 23.7 Å². The molecule has 5 heteroatoms. The third-order valence-corrected chi connectivity index (χ3v) is 5.70. The van der Waals surface area contributed by atoms with Gasteiger partial charge in [0.2, 0.25) is 11.8 Å². The van der Waals surface area contributed by atoms with Crippen molar-refractivity contribution in [3.63, 3.8) is 0 Å². The van der Waals surface area contributed by atoms with E-state index in [1.807, 2.05) is 6.92 Å². The molecule has 0 unspecified atom stereocenters. The summed E-state index contributed by atoms with van der Waals surface area (Å²) in [5.41, 5.74) is 0.867. The normalized spacial score (nSPS) is 30.8. The predicted octanol–water partition coefficient (Wildman–Crippen LogP) is 2.79. The Bertz CT molecular complexity index is 685. The number of hydrogen-bond donors (Lipinski definition) is 0. The molecule has 0 spiro atoms. The van der Waals surface area contributed by atoms with Gasteiger partial charge in [-0.1, -0.05) is 13.0 Å². The number of ether oxygens (including phenoxy) is 1. The molecule has 1 aromatic carbocycles. The van der Waals surface area contributed by atoms with Gasteiger partial charge in [-0.15, -0.1) is 0 Å². The summed E-state index contributed by atoms with van der Waals surface area (Å²) in [5.74, 6) is -0.164. The lowest BCUT2D eigenvalue weighted by atomic mass is 9.81. The Hall–Kier alpha value is -2.17. The van der Waals surface area contributed by atoms with E-state index >= 15 is 0 Å². The van der Waals surface area contributed by atoms with Gasteiger partial charge in [-0.2, -0.15) is 0 Å². The molecule has 4 atom stereocenters. The van der Waals surface area contributed by atoms with Gasteiger partial charge >= 0.3 is 5.97 Å². The van der Waals surface area contributed by atoms with Crippen molar-refractivity contribution in [2.45, 2.75) is 32.6 Å². The van der Waals surface area contributed by atoms with E-state index in [1.165, 1.54) is 4.90 Å². The molecule has 5 nitrogen and oxygen atoms in total. The molecule has 1 saturated heterocycles. The summed E-state index contributed by atoms with van der Waals surface area (Å²) < 4.78 is 5.14. The highest BCUT2D eigenvalue weighted by Crippen LogP contribution is 2.56. The topological polar surface area (TPSA) is 63.7 Å². The number of hydrogen-bond acceptors (Lipinski definition) is 4. The minimum Gasteiger partial charge on any atom is -0.462 e. The zero-order chi connectivity index (χ0) is 16.8. The zero-order valence-electron chi connectivity index (χ0n) is 13.7. The van der Waals surface area contributed by atoms with Crippen LogP contribution in [0.4, 0.5) is 5.69 Å². The van der Waals surface area contributed by atoms with Gasteiger partial charge in [0, 0.05) is 0 Å². The molecule has 3 fully saturated rings. The van der Waals surface area contributed by atoms with Crippen molar-refractivity contribution in [1.82, 2.24) is 0 Å². The highest BCUT2D eigenvalue weighted by atomic mass is 16.5. The molecule has 24 heavy (non-hydrogen) atoms. The van der Waals surface area contributed by atoms with Gasteiger partial charge in [0.15, 0.2) is 0 Å². The number of fused-ring (bicyclic) bond motifs is 5. The van der Waals surface area contributed by atoms with Gasteiger partial charge in [-0.05, 0) is 55.7 Å². The highest BCUT2D eigenvalue weighted by Gasteiger charge is 2.61. The van der Waals surface area contributed by atoms with E-state index in [0.29, 0.717) is 29.7 Å². The molecule has 3 aliphatic rings. The maximum Gasteiger partial charge on any atom is 0.338 e. The van der Waals surface area contributed by atoms with Gasteiger partial charge in [-0.25, -0.2) is 4.79 Å². The summed E-state index contributed by atoms with van der Waals surface area (Å²) in [5, 5.41) is 0. The minimum atomic E-state index is -0.418. The molecule has 2 aliphatic carbocycles. The number of carbonyl (C=O) groups is 3. The van der Waals surface area contributed by atoms with Crippen LogP contribution in [0.3, 0.4) is 0 Å². The molecular weight excluding hydrogens is 306 g/mol. The maximum atomic E-state index is 12.8. The lowest BCUT2D eigenvalue weighted by Gasteiger charge is -2.19. The fourth-order valence-electron chi connectivity index (χ4n) is 4.71. The number of carbonyl (C=O) groups excluding carboxylic acids is 3. The zero-order valence-corrected chi connectivity index (χ0v) is 13.7. The van der Waals surface area contributed by atoms with Crippen LogP contribution in [0.1, 0.15) is 43.0 Å². The monoisotopic (exact) mass is 327 g/mol. The Labute approximate surface area is 141 Å². The molecule has 1 aromatic rings. The summed E-state index contributed by atoms with van der Waals surface area (Å²) >= 11 is 0. The van der Waals surface area contributed by atoms with Gasteiger partial charge in [0.25, 0.3) is 0 Å². The second-order valence-corrected chi connectivity index (χ2v) is 7.08. The van der Waals surface area contributed by atoms with Gasteiger partial charge in [0.05, 0.1) is 29.7 Å². The molecule has 4 rings (SSSR count). The van der Waals surface area contributed by atoms with Crippen molar-refractivity contribution in [1.29, 1.82) is 0 Å². The molecule has 2 amide bonds. The van der Waals surface area contributed by atoms with Crippen LogP contribution in [0.2, 0.25) is 0 Å². The molecule has 0 aromatic heterocycles. The SMILES string of the molecule is CCCOC(=O)c1cccc(N2C(=O)[C@@H]3[C@@H]4CC[C@@H](C4)[C@@H]3C2=O)c1. The Morgan fingerprint density at radius 3 is 2.46 bits per heavy atom. The second-order valence-electron chi connectivity index (χ2n) is 7.08. The number of amides is 2. The van der Waals surface area contributed by atoms with Crippen molar-refractivity contribution in [2.75, 3.05) is 11.5 Å². The molecule has 2 saturated carbocycles. The van der Waals surface area contributed by atoms with Crippen LogP contribution >= 0.6 is 0 Å². The Balaban J connectivity index is 1.61. The first-order chi connectivity index (χ1) is 11.6. The van der Waals surface area contributed by atoms with Gasteiger partial charge < -0.3 is 4.74 Å². The fourth-order valence-corrected chi connectivity index (χ4v) is 4.71. The maximum absolute atomic E-state index is 12.8. The average molecular weight is 327 g/mol. The summed E-state index contributed by atoms with van der Waals surface area (Å²) in [6.07, 6.45) is 3.88. The number of nitrogens with zero attached hydrogens (tertiary/aromatic N) is 1. The standard InChI is InChI=1S/C19H21NO4/c1-2-8-24-19(23)13-4-3-5-14(10-13)20-17(21)15-11-6-7-12(9-11)16(15)18(20)22/h3-5,10-12,15-16H,2,6-9H2,1H3/t11-,12+,15-,16+. The summed E-state index contributed by atoms with van der Waals surface area (Å²) in [4.78, 5) is 39.0. The van der Waals surface area contributed by atoms with Crippen molar-refractivity contribution < 1.29 is 19.1 Å². The first-order valence-corrected chi connectivity index (χ1v) is 8.76. The third kappa shape index (κ3) is 2.18. The minimum absolute atomic E-state index is 0.0868. The second kappa shape index (κ2) is 5.72. The van der Waals surface area contributed by atoms with E-state index in [0.717, 1.165) is 25.7 Å². The molecule has 2 bridgehead atoms. The van der Waals surface area contributed by atoms with Crippen LogP contribution in [0.5, 0.6) is 0 Å². The number of benzene rings is 1. The molecule has 1 aliphatic heterocycles. The largest absolute Gasteiger partial charge is 0.462 e. The van der Waals surface area contributed by atoms with E-state index in [1.54, 1.807) is 24.3 Å². The van der Waals surface area contributed by atoms with Crippen LogP contribution in [0, 0.1) is 23.7 Å². The molecule has 0 radical (unpaired) electrons.